The van der Waals surface area contributed by atoms with E-state index < -0.39 is 4.92 Å². The number of likely N-dealkylation sites (N-methyl/N-ethyl adjacent to an activating group) is 1. The van der Waals surface area contributed by atoms with Gasteiger partial charge in [0, 0.05) is 31.7 Å². The molecule has 0 unspecified atom stereocenters. The molecular weight excluding hydrogens is 260 g/mol. The van der Waals surface area contributed by atoms with E-state index in [4.69, 9.17) is 0 Å². The van der Waals surface area contributed by atoms with E-state index >= 15 is 0 Å². The van der Waals surface area contributed by atoms with Crippen molar-refractivity contribution < 1.29 is 9.72 Å². The average Bonchev–Trinajstić information content (AvgIpc) is 3.11. The fourth-order valence-corrected chi connectivity index (χ4v) is 2.60. The fourth-order valence-electron chi connectivity index (χ4n) is 2.60. The first-order valence-corrected chi connectivity index (χ1v) is 6.99. The Balaban J connectivity index is 1.90. The molecule has 7 nitrogen and oxygen atoms in total. The predicted octanol–water partition coefficient (Wildman–Crippen LogP) is 1.17. The van der Waals surface area contributed by atoms with Crippen molar-refractivity contribution in [1.82, 2.24) is 14.8 Å². The molecule has 0 atom stereocenters. The van der Waals surface area contributed by atoms with Gasteiger partial charge in [-0.2, -0.15) is 0 Å². The van der Waals surface area contributed by atoms with Crippen molar-refractivity contribution in [3.8, 4) is 0 Å². The van der Waals surface area contributed by atoms with Crippen LogP contribution in [0.15, 0.2) is 12.3 Å². The zero-order valence-corrected chi connectivity index (χ0v) is 11.4. The summed E-state index contributed by atoms with van der Waals surface area (Å²) in [6.45, 7) is 4.15. The highest BCUT2D eigenvalue weighted by molar-refractivity contribution is 5.94. The molecule has 108 valence electrons. The van der Waals surface area contributed by atoms with Crippen LogP contribution in [0.3, 0.4) is 0 Å². The SMILES string of the molecule is CCN(C(=O)c1cc([N+](=O)[O-])cn1C1CC1)C1CNC1. The molecule has 3 rings (SSSR count). The molecule has 2 fully saturated rings. The lowest BCUT2D eigenvalue weighted by atomic mass is 10.1. The third-order valence-corrected chi connectivity index (χ3v) is 4.01. The molecule has 1 amide bonds. The maximum Gasteiger partial charge on any atom is 0.287 e. The predicted molar refractivity (Wildman–Crippen MR) is 72.7 cm³/mol. The van der Waals surface area contributed by atoms with E-state index in [1.54, 1.807) is 9.47 Å². The minimum absolute atomic E-state index is 0.00281. The molecule has 1 saturated heterocycles. The summed E-state index contributed by atoms with van der Waals surface area (Å²) in [7, 11) is 0. The summed E-state index contributed by atoms with van der Waals surface area (Å²) >= 11 is 0. The van der Waals surface area contributed by atoms with Crippen molar-refractivity contribution in [3.63, 3.8) is 0 Å². The molecule has 1 saturated carbocycles. The summed E-state index contributed by atoms with van der Waals surface area (Å²) < 4.78 is 1.79. The Bertz CT molecular complexity index is 546. The summed E-state index contributed by atoms with van der Waals surface area (Å²) in [6.07, 6.45) is 3.48. The van der Waals surface area contributed by atoms with Crippen molar-refractivity contribution in [2.75, 3.05) is 19.6 Å². The van der Waals surface area contributed by atoms with Crippen LogP contribution in [0.1, 0.15) is 36.3 Å². The molecular formula is C13H18N4O3. The van der Waals surface area contributed by atoms with E-state index in [0.29, 0.717) is 12.2 Å². The third-order valence-electron chi connectivity index (χ3n) is 4.01. The normalized spacial score (nSPS) is 18.6. The van der Waals surface area contributed by atoms with Gasteiger partial charge in [0.15, 0.2) is 0 Å². The summed E-state index contributed by atoms with van der Waals surface area (Å²) in [5, 5.41) is 14.1. The Morgan fingerprint density at radius 2 is 2.25 bits per heavy atom. The lowest BCUT2D eigenvalue weighted by molar-refractivity contribution is -0.384. The number of hydrogen-bond donors (Lipinski definition) is 1. The van der Waals surface area contributed by atoms with Gasteiger partial charge in [0.2, 0.25) is 0 Å². The highest BCUT2D eigenvalue weighted by Crippen LogP contribution is 2.38. The summed E-state index contributed by atoms with van der Waals surface area (Å²) in [5.74, 6) is -0.0981. The fraction of sp³-hybridized carbons (Fsp3) is 0.615. The Kier molecular flexibility index (Phi) is 3.21. The Morgan fingerprint density at radius 1 is 1.55 bits per heavy atom. The van der Waals surface area contributed by atoms with Gasteiger partial charge in [0.25, 0.3) is 11.6 Å². The number of nitrogens with one attached hydrogen (secondary N) is 1. The second-order valence-corrected chi connectivity index (χ2v) is 5.38. The van der Waals surface area contributed by atoms with Crippen molar-refractivity contribution >= 4 is 11.6 Å². The van der Waals surface area contributed by atoms with Crippen LogP contribution in [0.2, 0.25) is 0 Å². The van der Waals surface area contributed by atoms with Crippen LogP contribution in [0.4, 0.5) is 5.69 Å². The van der Waals surface area contributed by atoms with E-state index in [1.165, 1.54) is 12.3 Å². The van der Waals surface area contributed by atoms with Crippen LogP contribution in [-0.4, -0.2) is 46.0 Å². The molecule has 1 aliphatic heterocycles. The molecule has 7 heteroatoms. The first-order chi connectivity index (χ1) is 9.61. The highest BCUT2D eigenvalue weighted by Gasteiger charge is 2.34. The van der Waals surface area contributed by atoms with Gasteiger partial charge in [-0.15, -0.1) is 0 Å². The van der Waals surface area contributed by atoms with Gasteiger partial charge < -0.3 is 14.8 Å². The van der Waals surface area contributed by atoms with Gasteiger partial charge in [-0.25, -0.2) is 0 Å². The largest absolute Gasteiger partial charge is 0.334 e. The molecule has 1 N–H and O–H groups in total. The topological polar surface area (TPSA) is 80.4 Å². The Morgan fingerprint density at radius 3 is 2.70 bits per heavy atom. The summed E-state index contributed by atoms with van der Waals surface area (Å²) in [4.78, 5) is 25.0. The number of nitrogens with zero attached hydrogens (tertiary/aromatic N) is 3. The molecule has 2 aliphatic rings. The molecule has 0 aromatic carbocycles. The first-order valence-electron chi connectivity index (χ1n) is 6.99. The Hall–Kier alpha value is -1.89. The van der Waals surface area contributed by atoms with Gasteiger partial charge in [-0.3, -0.25) is 14.9 Å². The van der Waals surface area contributed by atoms with Crippen molar-refractivity contribution in [2.45, 2.75) is 31.8 Å². The molecule has 0 spiro atoms. The molecule has 20 heavy (non-hydrogen) atoms. The van der Waals surface area contributed by atoms with Crippen LogP contribution < -0.4 is 5.32 Å². The number of amides is 1. The minimum atomic E-state index is -0.434. The van der Waals surface area contributed by atoms with Crippen molar-refractivity contribution in [2.24, 2.45) is 0 Å². The summed E-state index contributed by atoms with van der Waals surface area (Å²) in [5.41, 5.74) is 0.455. The quantitative estimate of drug-likeness (QED) is 0.647. The van der Waals surface area contributed by atoms with Gasteiger partial charge >= 0.3 is 0 Å². The van der Waals surface area contributed by atoms with Crippen LogP contribution in [0, 0.1) is 10.1 Å². The second kappa shape index (κ2) is 4.90. The number of rotatable bonds is 5. The lowest BCUT2D eigenvalue weighted by Crippen LogP contribution is -2.58. The van der Waals surface area contributed by atoms with E-state index in [9.17, 15) is 14.9 Å². The minimum Gasteiger partial charge on any atom is -0.334 e. The molecule has 2 heterocycles. The number of aromatic nitrogens is 1. The maximum atomic E-state index is 12.7. The highest BCUT2D eigenvalue weighted by atomic mass is 16.6. The van der Waals surface area contributed by atoms with Crippen LogP contribution >= 0.6 is 0 Å². The zero-order valence-electron chi connectivity index (χ0n) is 11.4. The summed E-state index contributed by atoms with van der Waals surface area (Å²) in [6, 6.07) is 1.87. The standard InChI is InChI=1S/C13H18N4O3/c1-2-15(11-6-14-7-11)13(18)12-5-10(17(19)20)8-16(12)9-3-4-9/h5,8-9,11,14H,2-4,6-7H2,1H3. The van der Waals surface area contributed by atoms with Crippen LogP contribution in [0.25, 0.3) is 0 Å². The number of carbonyl (C=O) groups excluding carboxylic acids is 1. The van der Waals surface area contributed by atoms with E-state index in [-0.39, 0.29) is 23.7 Å². The van der Waals surface area contributed by atoms with Crippen LogP contribution in [-0.2, 0) is 0 Å². The van der Waals surface area contributed by atoms with Crippen LogP contribution in [0.5, 0.6) is 0 Å². The second-order valence-electron chi connectivity index (χ2n) is 5.38. The first kappa shape index (κ1) is 13.1. The van der Waals surface area contributed by atoms with Gasteiger partial charge in [0.05, 0.1) is 17.2 Å². The maximum absolute atomic E-state index is 12.7. The molecule has 1 aliphatic carbocycles. The van der Waals surface area contributed by atoms with E-state index in [2.05, 4.69) is 5.32 Å². The van der Waals surface area contributed by atoms with Crippen molar-refractivity contribution in [1.29, 1.82) is 0 Å². The lowest BCUT2D eigenvalue weighted by Gasteiger charge is -2.37. The van der Waals surface area contributed by atoms with Gasteiger partial charge in [0.1, 0.15) is 5.69 Å². The van der Waals surface area contributed by atoms with Crippen molar-refractivity contribution in [3.05, 3.63) is 28.1 Å². The number of nitro groups is 1. The smallest absolute Gasteiger partial charge is 0.287 e. The number of hydrogen-bond acceptors (Lipinski definition) is 4. The zero-order chi connectivity index (χ0) is 14.3. The third kappa shape index (κ3) is 2.18. The van der Waals surface area contributed by atoms with E-state index in [0.717, 1.165) is 25.9 Å². The molecule has 0 bridgehead atoms. The average molecular weight is 278 g/mol. The molecule has 0 radical (unpaired) electrons. The van der Waals surface area contributed by atoms with Gasteiger partial charge in [-0.1, -0.05) is 0 Å². The monoisotopic (exact) mass is 278 g/mol. The molecule has 1 aromatic heterocycles. The Labute approximate surface area is 116 Å². The number of carbonyl (C=O) groups is 1. The molecule has 1 aromatic rings. The van der Waals surface area contributed by atoms with E-state index in [1.807, 2.05) is 6.92 Å². The van der Waals surface area contributed by atoms with Gasteiger partial charge in [-0.05, 0) is 19.8 Å².